The second-order valence-corrected chi connectivity index (χ2v) is 9.18. The monoisotopic (exact) mass is 381 g/mol. The van der Waals surface area contributed by atoms with Gasteiger partial charge in [-0.2, -0.15) is 9.40 Å². The number of aryl methyl sites for hydroxylation is 3. The van der Waals surface area contributed by atoms with Crippen LogP contribution in [-0.4, -0.2) is 29.0 Å². The van der Waals surface area contributed by atoms with Crippen LogP contribution in [0.4, 0.5) is 0 Å². The maximum atomic E-state index is 13.3. The third-order valence-corrected chi connectivity index (χ3v) is 7.21. The Morgan fingerprint density at radius 2 is 1.85 bits per heavy atom. The summed E-state index contributed by atoms with van der Waals surface area (Å²) in [4.78, 5) is 0.356. The van der Waals surface area contributed by atoms with Gasteiger partial charge in [0.1, 0.15) is 0 Å². The highest BCUT2D eigenvalue weighted by Gasteiger charge is 2.34. The van der Waals surface area contributed by atoms with Crippen LogP contribution in [0.3, 0.4) is 0 Å². The lowest BCUT2D eigenvalue weighted by Gasteiger charge is -2.33. The Morgan fingerprint density at radius 1 is 1.07 bits per heavy atom. The normalized spacial score (nSPS) is 17.7. The largest absolute Gasteiger partial charge is 0.276 e. The van der Waals surface area contributed by atoms with Gasteiger partial charge in [0.05, 0.1) is 11.1 Å². The van der Waals surface area contributed by atoms with Gasteiger partial charge in [-0.3, -0.25) is 4.68 Å². The molecule has 0 amide bonds. The zero-order valence-corrected chi connectivity index (χ0v) is 16.6. The van der Waals surface area contributed by atoms with E-state index in [9.17, 15) is 8.42 Å². The minimum Gasteiger partial charge on any atom is -0.276 e. The first-order chi connectivity index (χ1) is 12.9. The van der Waals surface area contributed by atoms with E-state index in [1.807, 2.05) is 57.6 Å². The lowest BCUT2D eigenvalue weighted by atomic mass is 9.87. The highest BCUT2D eigenvalue weighted by Crippen LogP contribution is 2.35. The molecule has 2 aromatic carbocycles. The third kappa shape index (κ3) is 3.19. The van der Waals surface area contributed by atoms with Crippen LogP contribution in [0.15, 0.2) is 59.8 Å². The number of sulfonamides is 1. The van der Waals surface area contributed by atoms with Gasteiger partial charge in [-0.25, -0.2) is 8.42 Å². The van der Waals surface area contributed by atoms with Gasteiger partial charge in [0.15, 0.2) is 0 Å². The van der Waals surface area contributed by atoms with Gasteiger partial charge in [0.2, 0.25) is 10.0 Å². The third-order valence-electron chi connectivity index (χ3n) is 5.41. The molecule has 1 aliphatic heterocycles. The van der Waals surface area contributed by atoms with Crippen LogP contribution >= 0.6 is 0 Å². The molecule has 1 unspecified atom stereocenters. The molecule has 1 aliphatic rings. The minimum atomic E-state index is -3.57. The molecule has 0 bridgehead atoms. The molecule has 0 radical (unpaired) electrons. The van der Waals surface area contributed by atoms with Crippen molar-refractivity contribution in [3.63, 3.8) is 0 Å². The van der Waals surface area contributed by atoms with Gasteiger partial charge in [-0.1, -0.05) is 30.3 Å². The van der Waals surface area contributed by atoms with E-state index in [1.165, 1.54) is 5.56 Å². The van der Waals surface area contributed by atoms with Crippen molar-refractivity contribution < 1.29 is 8.42 Å². The molecule has 6 heteroatoms. The Labute approximate surface area is 160 Å². The quantitative estimate of drug-likeness (QED) is 0.699. The summed E-state index contributed by atoms with van der Waals surface area (Å²) in [5.74, 6) is -0.0232. The standard InChI is InChI=1S/C21H23N3O2S/c1-15-8-9-19(10-16(15)2)27(25,26)24-13-17-6-4-5-7-20(17)21(14-24)18-11-22-23(3)12-18/h4-12,21H,13-14H2,1-3H3. The molecule has 5 nitrogen and oxygen atoms in total. The van der Waals surface area contributed by atoms with E-state index >= 15 is 0 Å². The lowest BCUT2D eigenvalue weighted by molar-refractivity contribution is 0.371. The van der Waals surface area contributed by atoms with Crippen molar-refractivity contribution in [2.24, 2.45) is 7.05 Å². The number of fused-ring (bicyclic) bond motifs is 1. The SMILES string of the molecule is Cc1ccc(S(=O)(=O)N2Cc3ccccc3C(c3cnn(C)c3)C2)cc1C. The number of hydrogen-bond acceptors (Lipinski definition) is 3. The van der Waals surface area contributed by atoms with Crippen LogP contribution in [0.2, 0.25) is 0 Å². The molecular weight excluding hydrogens is 358 g/mol. The summed E-state index contributed by atoms with van der Waals surface area (Å²) >= 11 is 0. The summed E-state index contributed by atoms with van der Waals surface area (Å²) in [5, 5.41) is 4.28. The minimum absolute atomic E-state index is 0.0232. The van der Waals surface area contributed by atoms with E-state index in [0.717, 1.165) is 22.3 Å². The number of aromatic nitrogens is 2. The molecule has 0 N–H and O–H groups in total. The van der Waals surface area contributed by atoms with Crippen molar-refractivity contribution in [1.29, 1.82) is 0 Å². The Hall–Kier alpha value is -2.44. The first-order valence-corrected chi connectivity index (χ1v) is 10.4. The maximum absolute atomic E-state index is 13.3. The summed E-state index contributed by atoms with van der Waals surface area (Å²) in [7, 11) is -1.70. The highest BCUT2D eigenvalue weighted by molar-refractivity contribution is 7.89. The van der Waals surface area contributed by atoms with Crippen LogP contribution in [0, 0.1) is 13.8 Å². The Morgan fingerprint density at radius 3 is 2.56 bits per heavy atom. The van der Waals surface area contributed by atoms with Gasteiger partial charge in [0.25, 0.3) is 0 Å². The molecule has 0 spiro atoms. The van der Waals surface area contributed by atoms with E-state index < -0.39 is 10.0 Å². The average molecular weight is 382 g/mol. The van der Waals surface area contributed by atoms with Crippen LogP contribution in [0.25, 0.3) is 0 Å². The fourth-order valence-electron chi connectivity index (χ4n) is 3.69. The summed E-state index contributed by atoms with van der Waals surface area (Å²) in [5.41, 5.74) is 5.33. The molecule has 3 aromatic rings. The zero-order chi connectivity index (χ0) is 19.2. The van der Waals surface area contributed by atoms with E-state index in [-0.39, 0.29) is 5.92 Å². The summed E-state index contributed by atoms with van der Waals surface area (Å²) in [6.45, 7) is 4.74. The van der Waals surface area contributed by atoms with Crippen LogP contribution < -0.4 is 0 Å². The molecule has 2 heterocycles. The topological polar surface area (TPSA) is 55.2 Å². The van der Waals surface area contributed by atoms with E-state index in [4.69, 9.17) is 0 Å². The predicted molar refractivity (Wildman–Crippen MR) is 105 cm³/mol. The van der Waals surface area contributed by atoms with Gasteiger partial charge < -0.3 is 0 Å². The van der Waals surface area contributed by atoms with Crippen LogP contribution in [0.1, 0.15) is 33.7 Å². The predicted octanol–water partition coefficient (Wildman–Crippen LogP) is 3.37. The van der Waals surface area contributed by atoms with Crippen molar-refractivity contribution in [3.8, 4) is 0 Å². The maximum Gasteiger partial charge on any atom is 0.243 e. The van der Waals surface area contributed by atoms with Crippen molar-refractivity contribution in [1.82, 2.24) is 14.1 Å². The van der Waals surface area contributed by atoms with Crippen molar-refractivity contribution >= 4 is 10.0 Å². The number of nitrogens with zero attached hydrogens (tertiary/aromatic N) is 3. The second kappa shape index (κ2) is 6.62. The van der Waals surface area contributed by atoms with Crippen LogP contribution in [0.5, 0.6) is 0 Å². The Bertz CT molecular complexity index is 1100. The zero-order valence-electron chi connectivity index (χ0n) is 15.8. The number of rotatable bonds is 3. The summed E-state index contributed by atoms with van der Waals surface area (Å²) < 4.78 is 30.0. The highest BCUT2D eigenvalue weighted by atomic mass is 32.2. The fourth-order valence-corrected chi connectivity index (χ4v) is 5.20. The molecule has 4 rings (SSSR count). The van der Waals surface area contributed by atoms with E-state index in [2.05, 4.69) is 11.2 Å². The summed E-state index contributed by atoms with van der Waals surface area (Å²) in [6.07, 6.45) is 3.79. The molecule has 0 aliphatic carbocycles. The van der Waals surface area contributed by atoms with Gasteiger partial charge in [-0.15, -0.1) is 0 Å². The molecule has 0 saturated heterocycles. The molecular formula is C21H23N3O2S. The number of benzene rings is 2. The second-order valence-electron chi connectivity index (χ2n) is 7.24. The van der Waals surface area contributed by atoms with E-state index in [0.29, 0.717) is 18.0 Å². The van der Waals surface area contributed by atoms with Crippen LogP contribution in [-0.2, 0) is 23.6 Å². The Kier molecular flexibility index (Phi) is 4.40. The van der Waals surface area contributed by atoms with Crippen molar-refractivity contribution in [2.45, 2.75) is 31.2 Å². The molecule has 1 atom stereocenters. The first-order valence-electron chi connectivity index (χ1n) is 9.00. The molecule has 27 heavy (non-hydrogen) atoms. The number of hydrogen-bond donors (Lipinski definition) is 0. The lowest BCUT2D eigenvalue weighted by Crippen LogP contribution is -2.38. The summed E-state index contributed by atoms with van der Waals surface area (Å²) in [6, 6.07) is 13.4. The average Bonchev–Trinajstić information content (AvgIpc) is 3.09. The molecule has 140 valence electrons. The molecule has 0 saturated carbocycles. The smallest absolute Gasteiger partial charge is 0.243 e. The van der Waals surface area contributed by atoms with Crippen molar-refractivity contribution in [2.75, 3.05) is 6.54 Å². The van der Waals surface area contributed by atoms with E-state index in [1.54, 1.807) is 21.1 Å². The molecule has 1 aromatic heterocycles. The first kappa shape index (κ1) is 17.9. The van der Waals surface area contributed by atoms with Crippen molar-refractivity contribution in [3.05, 3.63) is 82.7 Å². The van der Waals surface area contributed by atoms with Gasteiger partial charge in [0, 0.05) is 32.3 Å². The van der Waals surface area contributed by atoms with Gasteiger partial charge >= 0.3 is 0 Å². The fraction of sp³-hybridized carbons (Fsp3) is 0.286. The van der Waals surface area contributed by atoms with Gasteiger partial charge in [-0.05, 0) is 53.8 Å². The molecule has 0 fully saturated rings. The Balaban J connectivity index is 1.77.